The van der Waals surface area contributed by atoms with Crippen LogP contribution in [-0.4, -0.2) is 63.1 Å². The summed E-state index contributed by atoms with van der Waals surface area (Å²) in [6.07, 6.45) is -0.107. The van der Waals surface area contributed by atoms with Gasteiger partial charge in [-0.2, -0.15) is 0 Å². The van der Waals surface area contributed by atoms with Crippen LogP contribution in [0.3, 0.4) is 0 Å². The minimum Gasteiger partial charge on any atom is -0.469 e. The first-order valence-corrected chi connectivity index (χ1v) is 8.71. The molecule has 2 rings (SSSR count). The SMILES string of the molecule is CCOC(=O)c1ccccc1NC(=O)C[NH+]1CCNC(=O)[C@H]1CC(=O)OC. The topological polar surface area (TPSA) is 115 Å². The summed E-state index contributed by atoms with van der Waals surface area (Å²) < 4.78 is 9.62. The van der Waals surface area contributed by atoms with Gasteiger partial charge in [0.15, 0.2) is 12.6 Å². The zero-order valence-corrected chi connectivity index (χ0v) is 15.4. The van der Waals surface area contributed by atoms with Crippen LogP contribution < -0.4 is 15.5 Å². The molecule has 146 valence electrons. The van der Waals surface area contributed by atoms with Crippen molar-refractivity contribution in [2.24, 2.45) is 0 Å². The van der Waals surface area contributed by atoms with Crippen molar-refractivity contribution in [3.05, 3.63) is 29.8 Å². The highest BCUT2D eigenvalue weighted by Crippen LogP contribution is 2.16. The number of hydrogen-bond donors (Lipinski definition) is 3. The number of methoxy groups -OCH3 is 1. The third kappa shape index (κ3) is 5.52. The van der Waals surface area contributed by atoms with E-state index >= 15 is 0 Å². The van der Waals surface area contributed by atoms with E-state index in [0.717, 1.165) is 0 Å². The van der Waals surface area contributed by atoms with Crippen LogP contribution in [0.25, 0.3) is 0 Å². The summed E-state index contributed by atoms with van der Waals surface area (Å²) in [7, 11) is 1.25. The zero-order valence-electron chi connectivity index (χ0n) is 15.4. The lowest BCUT2D eigenvalue weighted by Gasteiger charge is -2.30. The molecule has 9 heteroatoms. The van der Waals surface area contributed by atoms with Gasteiger partial charge in [0.25, 0.3) is 11.8 Å². The molecule has 1 aliphatic rings. The Hall–Kier alpha value is -2.94. The first-order valence-electron chi connectivity index (χ1n) is 8.71. The van der Waals surface area contributed by atoms with E-state index in [-0.39, 0.29) is 37.0 Å². The molecule has 1 aromatic carbocycles. The molecule has 0 radical (unpaired) electrons. The number of quaternary nitrogens is 1. The van der Waals surface area contributed by atoms with E-state index in [9.17, 15) is 19.2 Å². The van der Waals surface area contributed by atoms with Gasteiger partial charge in [-0.3, -0.25) is 14.4 Å². The Kier molecular flexibility index (Phi) is 7.30. The number of rotatable bonds is 7. The number of para-hydroxylation sites is 1. The lowest BCUT2D eigenvalue weighted by atomic mass is 10.1. The van der Waals surface area contributed by atoms with Crippen molar-refractivity contribution in [3.8, 4) is 0 Å². The lowest BCUT2D eigenvalue weighted by Crippen LogP contribution is -3.20. The predicted molar refractivity (Wildman–Crippen MR) is 95.2 cm³/mol. The first-order chi connectivity index (χ1) is 13.0. The van der Waals surface area contributed by atoms with E-state index < -0.39 is 18.0 Å². The van der Waals surface area contributed by atoms with Gasteiger partial charge >= 0.3 is 11.9 Å². The fourth-order valence-corrected chi connectivity index (χ4v) is 2.91. The van der Waals surface area contributed by atoms with Crippen LogP contribution in [0.15, 0.2) is 24.3 Å². The molecule has 0 bridgehead atoms. The molecule has 2 atom stereocenters. The van der Waals surface area contributed by atoms with Gasteiger partial charge < -0.3 is 25.0 Å². The number of ether oxygens (including phenoxy) is 2. The maximum absolute atomic E-state index is 12.5. The summed E-state index contributed by atoms with van der Waals surface area (Å²) in [6, 6.07) is 5.84. The number of amides is 2. The molecule has 0 aliphatic carbocycles. The zero-order chi connectivity index (χ0) is 19.8. The Bertz CT molecular complexity index is 721. The number of anilines is 1. The van der Waals surface area contributed by atoms with Crippen molar-refractivity contribution >= 4 is 29.4 Å². The molecule has 0 aromatic heterocycles. The van der Waals surface area contributed by atoms with Crippen molar-refractivity contribution in [3.63, 3.8) is 0 Å². The third-order valence-electron chi connectivity index (χ3n) is 4.24. The van der Waals surface area contributed by atoms with Crippen LogP contribution in [0.5, 0.6) is 0 Å². The Morgan fingerprint density at radius 1 is 1.30 bits per heavy atom. The quantitative estimate of drug-likeness (QED) is 0.511. The fraction of sp³-hybridized carbons (Fsp3) is 0.444. The molecule has 3 N–H and O–H groups in total. The Morgan fingerprint density at radius 2 is 2.04 bits per heavy atom. The van der Waals surface area contributed by atoms with Crippen LogP contribution in [0.1, 0.15) is 23.7 Å². The molecule has 1 saturated heterocycles. The molecule has 1 heterocycles. The number of hydrogen-bond acceptors (Lipinski definition) is 6. The van der Waals surface area contributed by atoms with Crippen LogP contribution in [-0.2, 0) is 23.9 Å². The van der Waals surface area contributed by atoms with Gasteiger partial charge in [-0.15, -0.1) is 0 Å². The van der Waals surface area contributed by atoms with E-state index in [2.05, 4.69) is 15.4 Å². The van der Waals surface area contributed by atoms with Crippen molar-refractivity contribution < 1.29 is 33.6 Å². The highest BCUT2D eigenvalue weighted by Gasteiger charge is 2.36. The minimum atomic E-state index is -0.697. The van der Waals surface area contributed by atoms with Crippen LogP contribution in [0, 0.1) is 0 Å². The highest BCUT2D eigenvalue weighted by atomic mass is 16.5. The molecule has 2 amide bonds. The Morgan fingerprint density at radius 3 is 2.74 bits per heavy atom. The van der Waals surface area contributed by atoms with Crippen molar-refractivity contribution in [1.29, 1.82) is 0 Å². The largest absolute Gasteiger partial charge is 0.469 e. The summed E-state index contributed by atoms with van der Waals surface area (Å²) in [4.78, 5) is 48.8. The number of carbonyl (C=O) groups excluding carboxylic acids is 4. The Balaban J connectivity index is 2.07. The normalized spacial score (nSPS) is 19.0. The lowest BCUT2D eigenvalue weighted by molar-refractivity contribution is -0.909. The monoisotopic (exact) mass is 378 g/mol. The molecule has 1 unspecified atom stereocenters. The van der Waals surface area contributed by atoms with Crippen LogP contribution >= 0.6 is 0 Å². The second kappa shape index (κ2) is 9.67. The fourth-order valence-electron chi connectivity index (χ4n) is 2.91. The summed E-state index contributed by atoms with van der Waals surface area (Å²) >= 11 is 0. The molecular formula is C18H24N3O6+. The summed E-state index contributed by atoms with van der Waals surface area (Å²) in [5.74, 6) is -1.70. The average molecular weight is 378 g/mol. The van der Waals surface area contributed by atoms with E-state index in [0.29, 0.717) is 23.7 Å². The smallest absolute Gasteiger partial charge is 0.340 e. The maximum Gasteiger partial charge on any atom is 0.340 e. The number of nitrogens with one attached hydrogen (secondary N) is 3. The van der Waals surface area contributed by atoms with E-state index in [1.54, 1.807) is 31.2 Å². The molecule has 1 aromatic rings. The molecule has 0 spiro atoms. The van der Waals surface area contributed by atoms with Gasteiger partial charge in [-0.1, -0.05) is 12.1 Å². The molecule has 1 aliphatic heterocycles. The Labute approximate surface area is 157 Å². The average Bonchev–Trinajstić information content (AvgIpc) is 2.65. The number of carbonyl (C=O) groups is 4. The van der Waals surface area contributed by atoms with Crippen LogP contribution in [0.2, 0.25) is 0 Å². The van der Waals surface area contributed by atoms with E-state index in [1.165, 1.54) is 7.11 Å². The minimum absolute atomic E-state index is 0.0216. The summed E-state index contributed by atoms with van der Waals surface area (Å²) in [5, 5.41) is 5.38. The van der Waals surface area contributed by atoms with E-state index in [1.807, 2.05) is 0 Å². The van der Waals surface area contributed by atoms with Crippen molar-refractivity contribution in [2.75, 3.05) is 38.7 Å². The molecule has 27 heavy (non-hydrogen) atoms. The third-order valence-corrected chi connectivity index (χ3v) is 4.24. The molecule has 1 fully saturated rings. The van der Waals surface area contributed by atoms with Crippen LogP contribution in [0.4, 0.5) is 5.69 Å². The standard InChI is InChI=1S/C18H23N3O6/c1-3-27-18(25)12-6-4-5-7-13(12)20-15(22)11-21-9-8-19-17(24)14(21)10-16(23)26-2/h4-7,14H,3,8-11H2,1-2H3,(H,19,24)(H,20,22)/p+1/t14-/m1/s1. The predicted octanol–water partition coefficient (Wildman–Crippen LogP) is -1.25. The second-order valence-electron chi connectivity index (χ2n) is 6.02. The summed E-state index contributed by atoms with van der Waals surface area (Å²) in [5.41, 5.74) is 0.594. The van der Waals surface area contributed by atoms with Gasteiger partial charge in [-0.05, 0) is 19.1 Å². The number of benzene rings is 1. The van der Waals surface area contributed by atoms with Crippen molar-refractivity contribution in [1.82, 2.24) is 5.32 Å². The number of esters is 2. The second-order valence-corrected chi connectivity index (χ2v) is 6.02. The van der Waals surface area contributed by atoms with Gasteiger partial charge in [0.2, 0.25) is 0 Å². The van der Waals surface area contributed by atoms with E-state index in [4.69, 9.17) is 4.74 Å². The molecule has 9 nitrogen and oxygen atoms in total. The highest BCUT2D eigenvalue weighted by molar-refractivity contribution is 6.01. The maximum atomic E-state index is 12.5. The van der Waals surface area contributed by atoms with Gasteiger partial charge in [0.05, 0.1) is 38.1 Å². The van der Waals surface area contributed by atoms with Crippen molar-refractivity contribution in [2.45, 2.75) is 19.4 Å². The first kappa shape index (κ1) is 20.4. The number of piperazine rings is 1. The van der Waals surface area contributed by atoms with Gasteiger partial charge in [-0.25, -0.2) is 4.79 Å². The van der Waals surface area contributed by atoms with Gasteiger partial charge in [0, 0.05) is 0 Å². The van der Waals surface area contributed by atoms with Gasteiger partial charge in [0.1, 0.15) is 6.42 Å². The molecular weight excluding hydrogens is 354 g/mol. The molecule has 0 saturated carbocycles. The summed E-state index contributed by atoms with van der Waals surface area (Å²) in [6.45, 7) is 2.82.